The molecule has 1 aliphatic heterocycles. The molecule has 0 saturated carbocycles. The van der Waals surface area contributed by atoms with Crippen LogP contribution in [0.4, 0.5) is 11.4 Å². The van der Waals surface area contributed by atoms with Gasteiger partial charge in [0.05, 0.1) is 11.4 Å². The number of benzene rings is 2. The Kier molecular flexibility index (Phi) is 7.64. The van der Waals surface area contributed by atoms with Gasteiger partial charge in [-0.25, -0.2) is 5.01 Å². The number of hydrogen-bond acceptors (Lipinski definition) is 2. The fraction of sp³-hybridized carbons (Fsp3) is 0.333. The van der Waals surface area contributed by atoms with Crippen molar-refractivity contribution in [3.05, 3.63) is 66.6 Å². The average molecular weight is 410 g/mol. The summed E-state index contributed by atoms with van der Waals surface area (Å²) < 4.78 is 0. The van der Waals surface area contributed by atoms with Gasteiger partial charge < -0.3 is 6.92 Å². The minimum Gasteiger partial charge on any atom is -0.339 e. The predicted molar refractivity (Wildman–Crippen MR) is 100 cm³/mol. The van der Waals surface area contributed by atoms with Crippen LogP contribution in [0.2, 0.25) is 0 Å². The quantitative estimate of drug-likeness (QED) is 0.652. The van der Waals surface area contributed by atoms with Crippen molar-refractivity contribution >= 4 is 17.3 Å². The predicted octanol–water partition coefficient (Wildman–Crippen LogP) is 4.56. The van der Waals surface area contributed by atoms with E-state index in [1.807, 2.05) is 5.01 Å². The van der Waals surface area contributed by atoms with Gasteiger partial charge in [0.25, 0.3) is 0 Å². The number of hydrogen-bond donors (Lipinski definition) is 0. The van der Waals surface area contributed by atoms with Crippen LogP contribution in [0.15, 0.2) is 48.5 Å². The maximum absolute atomic E-state index is 12.4. The molecule has 4 heteroatoms. The molecule has 0 aliphatic carbocycles. The van der Waals surface area contributed by atoms with E-state index in [-0.39, 0.29) is 38.6 Å². The number of aryl methyl sites for hydroxylation is 1. The van der Waals surface area contributed by atoms with Gasteiger partial charge >= 0.3 is 0 Å². The molecule has 0 aromatic heterocycles. The summed E-state index contributed by atoms with van der Waals surface area (Å²) in [6, 6.07) is 16.7. The second-order valence-electron chi connectivity index (χ2n) is 6.27. The Morgan fingerprint density at radius 3 is 2.16 bits per heavy atom. The number of unbranched alkanes of at least 4 members (excludes halogenated alkanes) is 1. The van der Waals surface area contributed by atoms with Crippen LogP contribution in [0.1, 0.15) is 37.3 Å². The van der Waals surface area contributed by atoms with Gasteiger partial charge in [0.15, 0.2) is 0 Å². The molecule has 0 atom stereocenters. The second kappa shape index (κ2) is 9.49. The number of hydrazine groups is 1. The molecule has 1 amide bonds. The SMILES string of the molecule is [CH2-]Cc1ccc(N2CCC(=O)N2c2ccc(CCCC)cc2)cc1.[Y]. The Balaban J connectivity index is 0.00000225. The van der Waals surface area contributed by atoms with E-state index in [0.717, 1.165) is 30.8 Å². The first kappa shape index (κ1) is 20.1. The van der Waals surface area contributed by atoms with Gasteiger partial charge in [0.2, 0.25) is 5.91 Å². The van der Waals surface area contributed by atoms with E-state index in [4.69, 9.17) is 0 Å². The molecule has 3 nitrogen and oxygen atoms in total. The summed E-state index contributed by atoms with van der Waals surface area (Å²) in [6.45, 7) is 6.83. The fourth-order valence-corrected chi connectivity index (χ4v) is 3.09. The molecule has 1 fully saturated rings. The van der Waals surface area contributed by atoms with Gasteiger partial charge in [-0.3, -0.25) is 9.80 Å². The molecule has 3 rings (SSSR count). The summed E-state index contributed by atoms with van der Waals surface area (Å²) in [6.07, 6.45) is 4.83. The molecule has 2 aromatic carbocycles. The van der Waals surface area contributed by atoms with Crippen molar-refractivity contribution in [1.29, 1.82) is 0 Å². The Bertz CT molecular complexity index is 682. The number of carbonyl (C=O) groups is 1. The van der Waals surface area contributed by atoms with Crippen LogP contribution in [0.25, 0.3) is 0 Å². The van der Waals surface area contributed by atoms with Crippen LogP contribution >= 0.6 is 0 Å². The molecule has 0 unspecified atom stereocenters. The van der Waals surface area contributed by atoms with Crippen molar-refractivity contribution in [3.63, 3.8) is 0 Å². The third-order valence-electron chi connectivity index (χ3n) is 4.54. The number of carbonyl (C=O) groups excluding carboxylic acids is 1. The van der Waals surface area contributed by atoms with Crippen molar-refractivity contribution in [1.82, 2.24) is 0 Å². The minimum absolute atomic E-state index is 0. The van der Waals surface area contributed by atoms with Gasteiger partial charge in [-0.2, -0.15) is 6.42 Å². The van der Waals surface area contributed by atoms with E-state index in [2.05, 4.69) is 67.4 Å². The molecule has 0 bridgehead atoms. The smallest absolute Gasteiger partial charge is 0.247 e. The summed E-state index contributed by atoms with van der Waals surface area (Å²) in [4.78, 5) is 12.4. The second-order valence-corrected chi connectivity index (χ2v) is 6.27. The Morgan fingerprint density at radius 2 is 1.56 bits per heavy atom. The van der Waals surface area contributed by atoms with Crippen molar-refractivity contribution in [2.45, 2.75) is 39.0 Å². The Labute approximate surface area is 176 Å². The fourth-order valence-electron chi connectivity index (χ4n) is 3.09. The molecule has 1 radical (unpaired) electrons. The van der Waals surface area contributed by atoms with E-state index in [1.54, 1.807) is 0 Å². The molecule has 0 spiro atoms. The van der Waals surface area contributed by atoms with E-state index >= 15 is 0 Å². The average Bonchev–Trinajstić information content (AvgIpc) is 3.02. The van der Waals surface area contributed by atoms with Crippen molar-refractivity contribution < 1.29 is 37.5 Å². The van der Waals surface area contributed by atoms with Crippen molar-refractivity contribution in [3.8, 4) is 0 Å². The van der Waals surface area contributed by atoms with Crippen molar-refractivity contribution in [2.24, 2.45) is 0 Å². The standard InChI is InChI=1S/C21H25N2O.Y/c1-3-5-6-18-9-13-20(14-10-18)23-21(24)15-16-22(23)19-11-7-17(4-2)8-12-19;/h7-14H,2-6,15-16H2,1H3;/q-1;. The summed E-state index contributed by atoms with van der Waals surface area (Å²) in [7, 11) is 0. The van der Waals surface area contributed by atoms with Crippen LogP contribution in [-0.4, -0.2) is 12.5 Å². The summed E-state index contributed by atoms with van der Waals surface area (Å²) in [5, 5.41) is 3.87. The first-order valence-electron chi connectivity index (χ1n) is 8.80. The van der Waals surface area contributed by atoms with Crippen LogP contribution in [-0.2, 0) is 50.3 Å². The van der Waals surface area contributed by atoms with Gasteiger partial charge in [0, 0.05) is 45.7 Å². The van der Waals surface area contributed by atoms with E-state index in [9.17, 15) is 4.79 Å². The first-order chi connectivity index (χ1) is 11.7. The normalized spacial score (nSPS) is 13.9. The van der Waals surface area contributed by atoms with Gasteiger partial charge in [0.1, 0.15) is 0 Å². The molecule has 129 valence electrons. The summed E-state index contributed by atoms with van der Waals surface area (Å²) in [5.41, 5.74) is 4.53. The maximum atomic E-state index is 12.4. The van der Waals surface area contributed by atoms with Crippen LogP contribution in [0.3, 0.4) is 0 Å². The van der Waals surface area contributed by atoms with Crippen LogP contribution in [0.5, 0.6) is 0 Å². The Hall–Kier alpha value is -1.19. The van der Waals surface area contributed by atoms with Gasteiger partial charge in [-0.15, -0.1) is 0 Å². The van der Waals surface area contributed by atoms with Crippen molar-refractivity contribution in [2.75, 3.05) is 16.6 Å². The summed E-state index contributed by atoms with van der Waals surface area (Å²) in [5.74, 6) is 0.151. The van der Waals surface area contributed by atoms with Gasteiger partial charge in [-0.1, -0.05) is 43.2 Å². The molecular weight excluding hydrogens is 385 g/mol. The van der Waals surface area contributed by atoms with Crippen LogP contribution < -0.4 is 10.0 Å². The van der Waals surface area contributed by atoms with Gasteiger partial charge in [-0.05, 0) is 42.7 Å². The minimum atomic E-state index is 0. The van der Waals surface area contributed by atoms with E-state index in [0.29, 0.717) is 6.42 Å². The molecule has 1 aliphatic rings. The number of amides is 1. The Morgan fingerprint density at radius 1 is 0.960 bits per heavy atom. The van der Waals surface area contributed by atoms with E-state index in [1.165, 1.54) is 24.0 Å². The zero-order valence-corrected chi connectivity index (χ0v) is 17.8. The zero-order valence-electron chi connectivity index (χ0n) is 14.9. The zero-order chi connectivity index (χ0) is 16.9. The molecule has 2 aromatic rings. The molecule has 25 heavy (non-hydrogen) atoms. The monoisotopic (exact) mass is 410 g/mol. The number of nitrogens with zero attached hydrogens (tertiary/aromatic N) is 2. The topological polar surface area (TPSA) is 23.6 Å². The number of rotatable bonds is 6. The van der Waals surface area contributed by atoms with E-state index < -0.39 is 0 Å². The van der Waals surface area contributed by atoms with Crippen LogP contribution in [0, 0.1) is 6.92 Å². The number of anilines is 2. The maximum Gasteiger partial charge on any atom is 0.247 e. The molecule has 0 N–H and O–H groups in total. The first-order valence-corrected chi connectivity index (χ1v) is 8.80. The third-order valence-corrected chi connectivity index (χ3v) is 4.54. The summed E-state index contributed by atoms with van der Waals surface area (Å²) >= 11 is 0. The molecule has 1 heterocycles. The molecular formula is C21H25N2OY-. The largest absolute Gasteiger partial charge is 0.339 e. The third kappa shape index (κ3) is 4.71. The molecule has 1 saturated heterocycles.